The molecule has 82 valence electrons. The topological polar surface area (TPSA) is 53.5 Å². The Labute approximate surface area is 89.3 Å². The molecule has 0 saturated carbocycles. The van der Waals surface area contributed by atoms with Crippen LogP contribution in [0.1, 0.15) is 11.6 Å². The molecule has 1 fully saturated rings. The Balaban J connectivity index is 2.17. The first-order valence-electron chi connectivity index (χ1n) is 5.12. The summed E-state index contributed by atoms with van der Waals surface area (Å²) in [5, 5.41) is 16.3. The lowest BCUT2D eigenvalue weighted by molar-refractivity contribution is 0.371. The van der Waals surface area contributed by atoms with Gasteiger partial charge in [-0.25, -0.2) is 0 Å². The van der Waals surface area contributed by atoms with Crippen molar-refractivity contribution in [2.24, 2.45) is 0 Å². The Morgan fingerprint density at radius 1 is 1.40 bits per heavy atom. The lowest BCUT2D eigenvalue weighted by Crippen LogP contribution is -2.42. The average molecular weight is 208 g/mol. The van der Waals surface area contributed by atoms with Crippen molar-refractivity contribution in [1.29, 1.82) is 0 Å². The highest BCUT2D eigenvalue weighted by molar-refractivity contribution is 5.42. The molecular formula is C11H16N2O2. The van der Waals surface area contributed by atoms with Gasteiger partial charge in [0.15, 0.2) is 11.5 Å². The van der Waals surface area contributed by atoms with Gasteiger partial charge < -0.3 is 20.5 Å². The Bertz CT molecular complexity index is 335. The van der Waals surface area contributed by atoms with E-state index in [-0.39, 0.29) is 11.8 Å². The molecule has 1 saturated heterocycles. The minimum atomic E-state index is 0.197. The molecule has 0 radical (unpaired) electrons. The van der Waals surface area contributed by atoms with Gasteiger partial charge >= 0.3 is 0 Å². The molecule has 0 aliphatic carbocycles. The highest BCUT2D eigenvalue weighted by atomic mass is 16.5. The lowest BCUT2D eigenvalue weighted by atomic mass is 10.0. The van der Waals surface area contributed by atoms with E-state index in [0.717, 1.165) is 25.2 Å². The number of methoxy groups -OCH3 is 1. The van der Waals surface area contributed by atoms with Gasteiger partial charge in [0.1, 0.15) is 0 Å². The van der Waals surface area contributed by atoms with Crippen LogP contribution >= 0.6 is 0 Å². The fourth-order valence-corrected chi connectivity index (χ4v) is 1.81. The molecule has 2 rings (SSSR count). The van der Waals surface area contributed by atoms with E-state index in [1.807, 2.05) is 6.07 Å². The van der Waals surface area contributed by atoms with Crippen LogP contribution in [-0.2, 0) is 0 Å². The van der Waals surface area contributed by atoms with E-state index in [9.17, 15) is 5.11 Å². The minimum absolute atomic E-state index is 0.197. The standard InChI is InChI=1S/C11H16N2O2/c1-15-11-3-2-8(6-10(11)14)9-7-12-4-5-13-9/h2-3,6,9,12-14H,4-5,7H2,1H3/t9-/m0/s1. The number of phenols is 1. The second-order valence-electron chi connectivity index (χ2n) is 3.64. The molecule has 0 bridgehead atoms. The molecule has 1 heterocycles. The van der Waals surface area contributed by atoms with Crippen molar-refractivity contribution >= 4 is 0 Å². The van der Waals surface area contributed by atoms with Crippen LogP contribution in [0.25, 0.3) is 0 Å². The lowest BCUT2D eigenvalue weighted by Gasteiger charge is -2.25. The Kier molecular flexibility index (Phi) is 3.08. The van der Waals surface area contributed by atoms with Crippen LogP contribution < -0.4 is 15.4 Å². The third-order valence-electron chi connectivity index (χ3n) is 2.65. The van der Waals surface area contributed by atoms with Gasteiger partial charge in [0.05, 0.1) is 7.11 Å². The number of hydrogen-bond acceptors (Lipinski definition) is 4. The number of benzene rings is 1. The molecule has 1 aromatic rings. The van der Waals surface area contributed by atoms with Crippen LogP contribution in [0.5, 0.6) is 11.5 Å². The predicted molar refractivity (Wildman–Crippen MR) is 58.3 cm³/mol. The fourth-order valence-electron chi connectivity index (χ4n) is 1.81. The maximum absolute atomic E-state index is 9.65. The maximum atomic E-state index is 9.65. The predicted octanol–water partition coefficient (Wildman–Crippen LogP) is 0.635. The summed E-state index contributed by atoms with van der Waals surface area (Å²) < 4.78 is 5.00. The normalized spacial score (nSPS) is 21.3. The molecule has 4 nitrogen and oxygen atoms in total. The van der Waals surface area contributed by atoms with Gasteiger partial charge in [-0.05, 0) is 17.7 Å². The van der Waals surface area contributed by atoms with E-state index in [2.05, 4.69) is 10.6 Å². The van der Waals surface area contributed by atoms with Gasteiger partial charge in [-0.15, -0.1) is 0 Å². The summed E-state index contributed by atoms with van der Waals surface area (Å²) in [6, 6.07) is 5.80. The largest absolute Gasteiger partial charge is 0.504 e. The quantitative estimate of drug-likeness (QED) is 0.667. The second kappa shape index (κ2) is 4.51. The zero-order chi connectivity index (χ0) is 10.7. The molecule has 0 aromatic heterocycles. The molecule has 0 spiro atoms. The first-order chi connectivity index (χ1) is 7.31. The average Bonchev–Trinajstić information content (AvgIpc) is 2.30. The summed E-state index contributed by atoms with van der Waals surface area (Å²) in [4.78, 5) is 0. The van der Waals surface area contributed by atoms with E-state index >= 15 is 0 Å². The van der Waals surface area contributed by atoms with E-state index < -0.39 is 0 Å². The number of hydrogen-bond donors (Lipinski definition) is 3. The van der Waals surface area contributed by atoms with Gasteiger partial charge in [0.25, 0.3) is 0 Å². The molecule has 0 unspecified atom stereocenters. The van der Waals surface area contributed by atoms with Crippen LogP contribution in [0.15, 0.2) is 18.2 Å². The van der Waals surface area contributed by atoms with E-state index in [1.54, 1.807) is 19.2 Å². The second-order valence-corrected chi connectivity index (χ2v) is 3.64. The summed E-state index contributed by atoms with van der Waals surface area (Å²) >= 11 is 0. The van der Waals surface area contributed by atoms with Crippen LogP contribution in [-0.4, -0.2) is 31.9 Å². The molecule has 3 N–H and O–H groups in total. The number of nitrogens with one attached hydrogen (secondary N) is 2. The van der Waals surface area contributed by atoms with E-state index in [4.69, 9.17) is 4.74 Å². The van der Waals surface area contributed by atoms with Crippen molar-refractivity contribution in [3.63, 3.8) is 0 Å². The molecule has 15 heavy (non-hydrogen) atoms. The van der Waals surface area contributed by atoms with Crippen LogP contribution in [0.3, 0.4) is 0 Å². The van der Waals surface area contributed by atoms with Crippen molar-refractivity contribution in [2.45, 2.75) is 6.04 Å². The fraction of sp³-hybridized carbons (Fsp3) is 0.455. The Morgan fingerprint density at radius 3 is 2.87 bits per heavy atom. The number of aromatic hydroxyl groups is 1. The third-order valence-corrected chi connectivity index (χ3v) is 2.65. The van der Waals surface area contributed by atoms with Crippen LogP contribution in [0.2, 0.25) is 0 Å². The maximum Gasteiger partial charge on any atom is 0.160 e. The summed E-state index contributed by atoms with van der Waals surface area (Å²) in [5.41, 5.74) is 1.08. The van der Waals surface area contributed by atoms with Crippen LogP contribution in [0.4, 0.5) is 0 Å². The molecule has 1 atom stereocenters. The van der Waals surface area contributed by atoms with Gasteiger partial charge in [-0.3, -0.25) is 0 Å². The van der Waals surface area contributed by atoms with Crippen molar-refractivity contribution < 1.29 is 9.84 Å². The molecule has 4 heteroatoms. The van der Waals surface area contributed by atoms with E-state index in [0.29, 0.717) is 5.75 Å². The van der Waals surface area contributed by atoms with Crippen molar-refractivity contribution in [1.82, 2.24) is 10.6 Å². The van der Waals surface area contributed by atoms with Crippen molar-refractivity contribution in [3.05, 3.63) is 23.8 Å². The Morgan fingerprint density at radius 2 is 2.27 bits per heavy atom. The number of piperazine rings is 1. The molecular weight excluding hydrogens is 192 g/mol. The SMILES string of the molecule is COc1ccc([C@@H]2CNCCN2)cc1O. The Hall–Kier alpha value is -1.26. The number of ether oxygens (including phenoxy) is 1. The van der Waals surface area contributed by atoms with Crippen molar-refractivity contribution in [3.8, 4) is 11.5 Å². The van der Waals surface area contributed by atoms with Gasteiger partial charge in [-0.1, -0.05) is 6.07 Å². The van der Waals surface area contributed by atoms with Gasteiger partial charge in [0.2, 0.25) is 0 Å². The first-order valence-corrected chi connectivity index (χ1v) is 5.12. The van der Waals surface area contributed by atoms with E-state index in [1.165, 1.54) is 0 Å². The minimum Gasteiger partial charge on any atom is -0.504 e. The van der Waals surface area contributed by atoms with Crippen molar-refractivity contribution in [2.75, 3.05) is 26.7 Å². The zero-order valence-corrected chi connectivity index (χ0v) is 8.79. The summed E-state index contributed by atoms with van der Waals surface area (Å²) in [6.45, 7) is 2.85. The molecule has 1 aromatic carbocycles. The summed E-state index contributed by atoms with van der Waals surface area (Å²) in [6.07, 6.45) is 0. The van der Waals surface area contributed by atoms with Crippen LogP contribution in [0, 0.1) is 0 Å². The molecule has 1 aliphatic rings. The van der Waals surface area contributed by atoms with Gasteiger partial charge in [-0.2, -0.15) is 0 Å². The first kappa shape index (κ1) is 10.3. The van der Waals surface area contributed by atoms with Gasteiger partial charge in [0, 0.05) is 25.7 Å². The monoisotopic (exact) mass is 208 g/mol. The molecule has 1 aliphatic heterocycles. The smallest absolute Gasteiger partial charge is 0.160 e. The third kappa shape index (κ3) is 2.22. The number of phenolic OH excluding ortho intramolecular Hbond substituents is 1. The zero-order valence-electron chi connectivity index (χ0n) is 8.79. The summed E-state index contributed by atoms with van der Waals surface area (Å²) in [5.74, 6) is 0.713. The molecule has 0 amide bonds. The highest BCUT2D eigenvalue weighted by Crippen LogP contribution is 2.28. The summed E-state index contributed by atoms with van der Waals surface area (Å²) in [7, 11) is 1.55. The number of rotatable bonds is 2. The highest BCUT2D eigenvalue weighted by Gasteiger charge is 2.15.